The van der Waals surface area contributed by atoms with Crippen molar-refractivity contribution in [2.24, 2.45) is 0 Å². The van der Waals surface area contributed by atoms with Crippen LogP contribution in [0.4, 0.5) is 4.39 Å². The summed E-state index contributed by atoms with van der Waals surface area (Å²) in [4.78, 5) is 2.41. The molecule has 1 aromatic carbocycles. The molecule has 1 heterocycles. The normalized spacial score (nSPS) is 17.5. The molecule has 18 heavy (non-hydrogen) atoms. The van der Waals surface area contributed by atoms with E-state index < -0.39 is 0 Å². The van der Waals surface area contributed by atoms with E-state index in [-0.39, 0.29) is 30.6 Å². The van der Waals surface area contributed by atoms with Crippen LogP contribution in [0.1, 0.15) is 18.5 Å². The zero-order valence-electron chi connectivity index (χ0n) is 10.2. The maximum atomic E-state index is 13.0. The standard InChI is InChI=1S/C12H16BrFN2.2ClH/c1-9(16-6-4-15-5-7-16)11-3-2-10(14)8-12(11)13;;/h2-3,8-9,15H,4-7H2,1H3;2*1H/t9-;;/m1../s1. The third-order valence-corrected chi connectivity index (χ3v) is 3.80. The van der Waals surface area contributed by atoms with Crippen LogP contribution in [0.15, 0.2) is 22.7 Å². The Kier molecular flexibility index (Phi) is 8.39. The first-order chi connectivity index (χ1) is 7.68. The van der Waals surface area contributed by atoms with Gasteiger partial charge < -0.3 is 5.32 Å². The lowest BCUT2D eigenvalue weighted by Crippen LogP contribution is -2.44. The first-order valence-electron chi connectivity index (χ1n) is 5.58. The second-order valence-corrected chi connectivity index (χ2v) is 4.98. The van der Waals surface area contributed by atoms with Gasteiger partial charge in [-0.25, -0.2) is 4.39 Å². The molecular formula is C12H18BrCl2FN2. The van der Waals surface area contributed by atoms with E-state index in [1.165, 1.54) is 12.1 Å². The molecular weight excluding hydrogens is 342 g/mol. The second kappa shape index (κ2) is 8.33. The molecule has 1 fully saturated rings. The van der Waals surface area contributed by atoms with Crippen LogP contribution in [0.5, 0.6) is 0 Å². The Morgan fingerprint density at radius 3 is 2.44 bits per heavy atom. The van der Waals surface area contributed by atoms with E-state index in [2.05, 4.69) is 33.1 Å². The molecule has 1 aromatic rings. The summed E-state index contributed by atoms with van der Waals surface area (Å²) in [7, 11) is 0. The smallest absolute Gasteiger partial charge is 0.124 e. The Balaban J connectivity index is 0.00000144. The number of nitrogens with zero attached hydrogens (tertiary/aromatic N) is 1. The van der Waals surface area contributed by atoms with Gasteiger partial charge in [0.05, 0.1) is 0 Å². The van der Waals surface area contributed by atoms with Crippen LogP contribution in [-0.4, -0.2) is 31.1 Å². The molecule has 1 N–H and O–H groups in total. The maximum absolute atomic E-state index is 13.0. The first kappa shape index (κ1) is 18.1. The number of hydrogen-bond acceptors (Lipinski definition) is 2. The van der Waals surface area contributed by atoms with E-state index in [0.29, 0.717) is 6.04 Å². The summed E-state index contributed by atoms with van der Waals surface area (Å²) in [5, 5.41) is 3.33. The van der Waals surface area contributed by atoms with Gasteiger partial charge in [-0.3, -0.25) is 4.90 Å². The molecule has 1 aliphatic heterocycles. The van der Waals surface area contributed by atoms with E-state index in [9.17, 15) is 4.39 Å². The van der Waals surface area contributed by atoms with Gasteiger partial charge in [0.1, 0.15) is 5.82 Å². The molecule has 0 aliphatic carbocycles. The van der Waals surface area contributed by atoms with Crippen LogP contribution in [0, 0.1) is 5.82 Å². The quantitative estimate of drug-likeness (QED) is 0.870. The van der Waals surface area contributed by atoms with Gasteiger partial charge in [0.25, 0.3) is 0 Å². The first-order valence-corrected chi connectivity index (χ1v) is 6.37. The molecule has 0 spiro atoms. The van der Waals surface area contributed by atoms with Crippen molar-refractivity contribution >= 4 is 40.7 Å². The summed E-state index contributed by atoms with van der Waals surface area (Å²) in [6, 6.07) is 5.26. The second-order valence-electron chi connectivity index (χ2n) is 4.13. The fourth-order valence-electron chi connectivity index (χ4n) is 2.11. The highest BCUT2D eigenvalue weighted by Crippen LogP contribution is 2.28. The SMILES string of the molecule is C[C@H](c1ccc(F)cc1Br)N1CCNCC1.Cl.Cl. The number of nitrogens with one attached hydrogen (secondary N) is 1. The Hall–Kier alpha value is 0.130. The fourth-order valence-corrected chi connectivity index (χ4v) is 2.79. The van der Waals surface area contributed by atoms with E-state index in [0.717, 1.165) is 36.2 Å². The zero-order chi connectivity index (χ0) is 11.5. The minimum Gasteiger partial charge on any atom is -0.314 e. The van der Waals surface area contributed by atoms with E-state index in [4.69, 9.17) is 0 Å². The van der Waals surface area contributed by atoms with Crippen molar-refractivity contribution in [3.05, 3.63) is 34.1 Å². The van der Waals surface area contributed by atoms with Crippen LogP contribution in [0.3, 0.4) is 0 Å². The fraction of sp³-hybridized carbons (Fsp3) is 0.500. The highest BCUT2D eigenvalue weighted by molar-refractivity contribution is 9.10. The van der Waals surface area contributed by atoms with E-state index in [1.54, 1.807) is 0 Å². The van der Waals surface area contributed by atoms with Gasteiger partial charge in [-0.05, 0) is 24.6 Å². The third kappa shape index (κ3) is 4.35. The van der Waals surface area contributed by atoms with Crippen LogP contribution in [0.25, 0.3) is 0 Å². The molecule has 0 unspecified atom stereocenters. The number of piperazine rings is 1. The van der Waals surface area contributed by atoms with Crippen molar-refractivity contribution in [2.75, 3.05) is 26.2 Å². The van der Waals surface area contributed by atoms with Gasteiger partial charge >= 0.3 is 0 Å². The lowest BCUT2D eigenvalue weighted by atomic mass is 10.1. The van der Waals surface area contributed by atoms with Crippen molar-refractivity contribution in [2.45, 2.75) is 13.0 Å². The Labute approximate surface area is 128 Å². The monoisotopic (exact) mass is 358 g/mol. The molecule has 104 valence electrons. The Morgan fingerprint density at radius 1 is 1.28 bits per heavy atom. The van der Waals surface area contributed by atoms with E-state index in [1.807, 2.05) is 6.07 Å². The van der Waals surface area contributed by atoms with Crippen LogP contribution in [0.2, 0.25) is 0 Å². The van der Waals surface area contributed by atoms with Gasteiger partial charge in [-0.1, -0.05) is 22.0 Å². The largest absolute Gasteiger partial charge is 0.314 e. The topological polar surface area (TPSA) is 15.3 Å². The predicted molar refractivity (Wildman–Crippen MR) is 81.5 cm³/mol. The molecule has 2 nitrogen and oxygen atoms in total. The molecule has 1 aliphatic rings. The van der Waals surface area contributed by atoms with Gasteiger partial charge in [0.2, 0.25) is 0 Å². The summed E-state index contributed by atoms with van der Waals surface area (Å²) in [5.41, 5.74) is 1.16. The van der Waals surface area contributed by atoms with Crippen molar-refractivity contribution < 1.29 is 4.39 Å². The van der Waals surface area contributed by atoms with Gasteiger partial charge in [0.15, 0.2) is 0 Å². The van der Waals surface area contributed by atoms with Crippen molar-refractivity contribution in [3.63, 3.8) is 0 Å². The van der Waals surface area contributed by atoms with Gasteiger partial charge in [0, 0.05) is 36.7 Å². The lowest BCUT2D eigenvalue weighted by Gasteiger charge is -2.33. The number of benzene rings is 1. The lowest BCUT2D eigenvalue weighted by molar-refractivity contribution is 0.185. The molecule has 0 aromatic heterocycles. The molecule has 0 radical (unpaired) electrons. The molecule has 2 rings (SSSR count). The molecule has 1 atom stereocenters. The molecule has 6 heteroatoms. The number of rotatable bonds is 2. The van der Waals surface area contributed by atoms with Crippen LogP contribution < -0.4 is 5.32 Å². The van der Waals surface area contributed by atoms with E-state index >= 15 is 0 Å². The zero-order valence-corrected chi connectivity index (χ0v) is 13.4. The van der Waals surface area contributed by atoms with Crippen molar-refractivity contribution in [3.8, 4) is 0 Å². The highest BCUT2D eigenvalue weighted by Gasteiger charge is 2.19. The molecule has 0 saturated carbocycles. The van der Waals surface area contributed by atoms with Crippen LogP contribution in [-0.2, 0) is 0 Å². The minimum atomic E-state index is -0.192. The predicted octanol–water partition coefficient (Wildman–Crippen LogP) is 3.40. The number of halogens is 4. The summed E-state index contributed by atoms with van der Waals surface area (Å²) >= 11 is 3.43. The number of hydrogen-bond donors (Lipinski definition) is 1. The van der Waals surface area contributed by atoms with Gasteiger partial charge in [-0.2, -0.15) is 0 Å². The summed E-state index contributed by atoms with van der Waals surface area (Å²) in [6.07, 6.45) is 0. The summed E-state index contributed by atoms with van der Waals surface area (Å²) < 4.78 is 13.9. The highest BCUT2D eigenvalue weighted by atomic mass is 79.9. The molecule has 0 amide bonds. The molecule has 0 bridgehead atoms. The summed E-state index contributed by atoms with van der Waals surface area (Å²) in [6.45, 7) is 6.32. The maximum Gasteiger partial charge on any atom is 0.124 e. The summed E-state index contributed by atoms with van der Waals surface area (Å²) in [5.74, 6) is -0.192. The Bertz CT molecular complexity index is 373. The Morgan fingerprint density at radius 2 is 1.89 bits per heavy atom. The minimum absolute atomic E-state index is 0. The van der Waals surface area contributed by atoms with Crippen molar-refractivity contribution in [1.29, 1.82) is 0 Å². The van der Waals surface area contributed by atoms with Crippen molar-refractivity contribution in [1.82, 2.24) is 10.2 Å². The van der Waals surface area contributed by atoms with Crippen LogP contribution >= 0.6 is 40.7 Å². The average molecular weight is 360 g/mol. The third-order valence-electron chi connectivity index (χ3n) is 3.11. The van der Waals surface area contributed by atoms with Gasteiger partial charge in [-0.15, -0.1) is 24.8 Å². The average Bonchev–Trinajstić information content (AvgIpc) is 2.29. The molecule has 1 saturated heterocycles.